The smallest absolute Gasteiger partial charge is 0.302 e. The van der Waals surface area contributed by atoms with Gasteiger partial charge in [-0.25, -0.2) is 14.8 Å². The molecule has 0 radical (unpaired) electrons. The number of aromatic amines is 1. The summed E-state index contributed by atoms with van der Waals surface area (Å²) < 4.78 is 1.56. The molecule has 0 aromatic carbocycles. The van der Waals surface area contributed by atoms with Crippen LogP contribution in [0.5, 0.6) is 0 Å². The van der Waals surface area contributed by atoms with Crippen molar-refractivity contribution in [2.75, 3.05) is 5.75 Å². The zero-order valence-electron chi connectivity index (χ0n) is 12.8. The molecule has 3 aromatic rings. The Hall–Kier alpha value is -1.86. The number of aryl methyl sites for hydroxylation is 1. The van der Waals surface area contributed by atoms with Crippen LogP contribution < -0.4 is 5.69 Å². The summed E-state index contributed by atoms with van der Waals surface area (Å²) in [5.74, 6) is 0.901. The van der Waals surface area contributed by atoms with Gasteiger partial charge >= 0.3 is 5.69 Å². The van der Waals surface area contributed by atoms with Crippen molar-refractivity contribution in [1.29, 1.82) is 0 Å². The lowest BCUT2D eigenvalue weighted by molar-refractivity contribution is 0.767. The SMILES string of the molecule is CCCSc1nc(Cl)c2[nH]c(=O)n(Cc3ccc(C)nc3)c2n1. The number of fused-ring (bicyclic) bond motifs is 1. The Balaban J connectivity index is 2.04. The molecule has 0 spiro atoms. The van der Waals surface area contributed by atoms with Crippen molar-refractivity contribution >= 4 is 34.5 Å². The molecule has 3 aromatic heterocycles. The van der Waals surface area contributed by atoms with Crippen LogP contribution >= 0.6 is 23.4 Å². The molecule has 3 rings (SSSR count). The predicted octanol–water partition coefficient (Wildman–Crippen LogP) is 3.03. The molecule has 3 heterocycles. The van der Waals surface area contributed by atoms with Crippen LogP contribution in [0.4, 0.5) is 0 Å². The number of nitrogens with zero attached hydrogens (tertiary/aromatic N) is 4. The Labute approximate surface area is 142 Å². The predicted molar refractivity (Wildman–Crippen MR) is 92.2 cm³/mol. The molecule has 0 amide bonds. The van der Waals surface area contributed by atoms with Crippen molar-refractivity contribution in [3.8, 4) is 0 Å². The maximum Gasteiger partial charge on any atom is 0.328 e. The standard InChI is InChI=1S/C15H16ClN5OS/c1-3-6-23-14-19-12(16)11-13(20-14)21(15(22)18-11)8-10-5-4-9(2)17-7-10/h4-5,7H,3,6,8H2,1-2H3,(H,18,22). The van der Waals surface area contributed by atoms with E-state index in [9.17, 15) is 4.79 Å². The van der Waals surface area contributed by atoms with Crippen LogP contribution in [0.2, 0.25) is 5.15 Å². The third-order valence-electron chi connectivity index (χ3n) is 3.31. The molecular formula is C15H16ClN5OS. The van der Waals surface area contributed by atoms with Gasteiger partial charge in [-0.1, -0.05) is 36.4 Å². The fraction of sp³-hybridized carbons (Fsp3) is 0.333. The summed E-state index contributed by atoms with van der Waals surface area (Å²) in [6, 6.07) is 3.86. The Morgan fingerprint density at radius 2 is 2.17 bits per heavy atom. The van der Waals surface area contributed by atoms with Gasteiger partial charge in [-0.3, -0.25) is 9.55 Å². The quantitative estimate of drug-likeness (QED) is 0.435. The highest BCUT2D eigenvalue weighted by molar-refractivity contribution is 7.99. The topological polar surface area (TPSA) is 76.5 Å². The van der Waals surface area contributed by atoms with E-state index >= 15 is 0 Å². The highest BCUT2D eigenvalue weighted by atomic mass is 35.5. The summed E-state index contributed by atoms with van der Waals surface area (Å²) in [7, 11) is 0. The van der Waals surface area contributed by atoms with Gasteiger partial charge in [-0.2, -0.15) is 0 Å². The summed E-state index contributed by atoms with van der Waals surface area (Å²) in [6.07, 6.45) is 2.77. The van der Waals surface area contributed by atoms with Gasteiger partial charge in [-0.05, 0) is 25.0 Å². The number of hydrogen-bond acceptors (Lipinski definition) is 5. The Bertz CT molecular complexity index is 887. The van der Waals surface area contributed by atoms with Crippen molar-refractivity contribution in [3.05, 3.63) is 45.2 Å². The molecule has 1 N–H and O–H groups in total. The van der Waals surface area contributed by atoms with Gasteiger partial charge in [-0.15, -0.1) is 0 Å². The molecule has 6 nitrogen and oxygen atoms in total. The van der Waals surface area contributed by atoms with Crippen LogP contribution in [0.1, 0.15) is 24.6 Å². The monoisotopic (exact) mass is 349 g/mol. The Morgan fingerprint density at radius 3 is 2.87 bits per heavy atom. The molecule has 8 heteroatoms. The number of nitrogens with one attached hydrogen (secondary N) is 1. The first-order valence-corrected chi connectivity index (χ1v) is 8.65. The van der Waals surface area contributed by atoms with Crippen LogP contribution in [0.3, 0.4) is 0 Å². The van der Waals surface area contributed by atoms with Crippen molar-refractivity contribution in [2.45, 2.75) is 32.0 Å². The molecule has 0 saturated heterocycles. The van der Waals surface area contributed by atoms with Gasteiger partial charge in [0.15, 0.2) is 16.0 Å². The lowest BCUT2D eigenvalue weighted by Gasteiger charge is -2.05. The molecule has 120 valence electrons. The highest BCUT2D eigenvalue weighted by Gasteiger charge is 2.14. The second kappa shape index (κ2) is 6.72. The number of thioether (sulfide) groups is 1. The molecule has 0 unspecified atom stereocenters. The van der Waals surface area contributed by atoms with Gasteiger partial charge in [0, 0.05) is 17.6 Å². The van der Waals surface area contributed by atoms with E-state index in [0.29, 0.717) is 22.9 Å². The molecule has 0 aliphatic carbocycles. The van der Waals surface area contributed by atoms with Crippen LogP contribution in [0.15, 0.2) is 28.3 Å². The van der Waals surface area contributed by atoms with Crippen LogP contribution in [-0.4, -0.2) is 30.3 Å². The van der Waals surface area contributed by atoms with Crippen molar-refractivity contribution < 1.29 is 0 Å². The van der Waals surface area contributed by atoms with Crippen LogP contribution in [0, 0.1) is 6.92 Å². The van der Waals surface area contributed by atoms with E-state index < -0.39 is 0 Å². The van der Waals surface area contributed by atoms with Crippen LogP contribution in [-0.2, 0) is 6.54 Å². The first-order valence-electron chi connectivity index (χ1n) is 7.29. The van der Waals surface area contributed by atoms with E-state index in [0.717, 1.165) is 23.4 Å². The van der Waals surface area contributed by atoms with E-state index in [1.54, 1.807) is 10.8 Å². The summed E-state index contributed by atoms with van der Waals surface area (Å²) in [5.41, 5.74) is 2.60. The Morgan fingerprint density at radius 1 is 1.35 bits per heavy atom. The summed E-state index contributed by atoms with van der Waals surface area (Å²) in [4.78, 5) is 27.9. The zero-order chi connectivity index (χ0) is 16.4. The highest BCUT2D eigenvalue weighted by Crippen LogP contribution is 2.23. The normalized spacial score (nSPS) is 11.3. The number of pyridine rings is 1. The van der Waals surface area contributed by atoms with E-state index in [4.69, 9.17) is 11.6 Å². The fourth-order valence-electron chi connectivity index (χ4n) is 2.16. The molecule has 0 saturated carbocycles. The van der Waals surface area contributed by atoms with Gasteiger partial charge < -0.3 is 4.98 Å². The molecule has 23 heavy (non-hydrogen) atoms. The van der Waals surface area contributed by atoms with Crippen molar-refractivity contribution in [3.63, 3.8) is 0 Å². The fourth-order valence-corrected chi connectivity index (χ4v) is 3.11. The average molecular weight is 350 g/mol. The average Bonchev–Trinajstić information content (AvgIpc) is 2.84. The molecule has 0 fully saturated rings. The number of rotatable bonds is 5. The molecular weight excluding hydrogens is 334 g/mol. The minimum atomic E-state index is -0.255. The first-order chi connectivity index (χ1) is 11.1. The van der Waals surface area contributed by atoms with E-state index in [-0.39, 0.29) is 10.8 Å². The van der Waals surface area contributed by atoms with Gasteiger partial charge in [0.05, 0.1) is 6.54 Å². The molecule has 0 aliphatic heterocycles. The molecule has 0 bridgehead atoms. The number of H-pyrrole nitrogens is 1. The second-order valence-corrected chi connectivity index (χ2v) is 6.59. The van der Waals surface area contributed by atoms with Crippen LogP contribution in [0.25, 0.3) is 11.2 Å². The number of imidazole rings is 1. The van der Waals surface area contributed by atoms with Crippen molar-refractivity contribution in [2.24, 2.45) is 0 Å². The van der Waals surface area contributed by atoms with Crippen molar-refractivity contribution in [1.82, 2.24) is 24.5 Å². The first kappa shape index (κ1) is 16.0. The van der Waals surface area contributed by atoms with Gasteiger partial charge in [0.1, 0.15) is 5.52 Å². The summed E-state index contributed by atoms with van der Waals surface area (Å²) >= 11 is 7.72. The largest absolute Gasteiger partial charge is 0.328 e. The summed E-state index contributed by atoms with van der Waals surface area (Å²) in [6.45, 7) is 4.40. The van der Waals surface area contributed by atoms with Gasteiger partial charge in [0.25, 0.3) is 0 Å². The second-order valence-electron chi connectivity index (χ2n) is 5.17. The number of aromatic nitrogens is 5. The van der Waals surface area contributed by atoms with E-state index in [2.05, 4.69) is 26.9 Å². The maximum absolute atomic E-state index is 12.2. The number of halogens is 1. The minimum absolute atomic E-state index is 0.255. The van der Waals surface area contributed by atoms with E-state index in [1.807, 2.05) is 19.1 Å². The lowest BCUT2D eigenvalue weighted by atomic mass is 10.2. The van der Waals surface area contributed by atoms with E-state index in [1.165, 1.54) is 11.8 Å². The molecule has 0 aliphatic rings. The minimum Gasteiger partial charge on any atom is -0.302 e. The molecule has 0 atom stereocenters. The lowest BCUT2D eigenvalue weighted by Crippen LogP contribution is -2.18. The Kier molecular flexibility index (Phi) is 4.68. The summed E-state index contributed by atoms with van der Waals surface area (Å²) in [5, 5.41) is 0.852. The third-order valence-corrected chi connectivity index (χ3v) is 4.63. The third kappa shape index (κ3) is 3.40. The zero-order valence-corrected chi connectivity index (χ0v) is 14.4. The maximum atomic E-state index is 12.2. The number of hydrogen-bond donors (Lipinski definition) is 1. The van der Waals surface area contributed by atoms with Gasteiger partial charge in [0.2, 0.25) is 0 Å².